The largest absolute Gasteiger partial charge is 0.300 e. The summed E-state index contributed by atoms with van der Waals surface area (Å²) in [7, 11) is 0. The number of rotatable bonds is 1. The average Bonchev–Trinajstić information content (AvgIpc) is 3.01. The average molecular weight is 214 g/mol. The van der Waals surface area contributed by atoms with E-state index in [1.54, 1.807) is 6.92 Å². The molecule has 0 aromatic heterocycles. The fourth-order valence-corrected chi connectivity index (χ4v) is 3.06. The third kappa shape index (κ3) is 1.13. The molecular formula is C14H14O2. The van der Waals surface area contributed by atoms with Crippen LogP contribution in [0.5, 0.6) is 0 Å². The Hall–Kier alpha value is -1.44. The van der Waals surface area contributed by atoms with Gasteiger partial charge in [0, 0.05) is 16.9 Å². The van der Waals surface area contributed by atoms with Crippen LogP contribution in [0.25, 0.3) is 0 Å². The van der Waals surface area contributed by atoms with Crippen molar-refractivity contribution in [2.24, 2.45) is 11.3 Å². The van der Waals surface area contributed by atoms with Crippen molar-refractivity contribution >= 4 is 11.6 Å². The molecule has 2 aliphatic rings. The molecule has 0 heterocycles. The summed E-state index contributed by atoms with van der Waals surface area (Å²) in [4.78, 5) is 23.7. The first kappa shape index (κ1) is 9.76. The van der Waals surface area contributed by atoms with Crippen molar-refractivity contribution in [3.63, 3.8) is 0 Å². The van der Waals surface area contributed by atoms with Crippen molar-refractivity contribution in [2.45, 2.75) is 26.2 Å². The first-order chi connectivity index (χ1) is 7.65. The Kier molecular flexibility index (Phi) is 1.85. The molecule has 0 amide bonds. The summed E-state index contributed by atoms with van der Waals surface area (Å²) >= 11 is 0. The van der Waals surface area contributed by atoms with Gasteiger partial charge in [0.15, 0.2) is 5.78 Å². The fraction of sp³-hybridized carbons (Fsp3) is 0.429. The van der Waals surface area contributed by atoms with E-state index >= 15 is 0 Å². The lowest BCUT2D eigenvalue weighted by Gasteiger charge is -2.23. The van der Waals surface area contributed by atoms with Crippen LogP contribution in [0, 0.1) is 11.3 Å². The number of benzene rings is 1. The summed E-state index contributed by atoms with van der Waals surface area (Å²) in [6.45, 7) is 1.60. The Morgan fingerprint density at radius 3 is 2.81 bits per heavy atom. The van der Waals surface area contributed by atoms with Crippen molar-refractivity contribution in [1.29, 1.82) is 0 Å². The van der Waals surface area contributed by atoms with E-state index in [2.05, 4.69) is 0 Å². The lowest BCUT2D eigenvalue weighted by molar-refractivity contribution is -0.118. The van der Waals surface area contributed by atoms with Crippen LogP contribution in [-0.4, -0.2) is 11.6 Å². The summed E-state index contributed by atoms with van der Waals surface area (Å²) in [6, 6.07) is 7.79. The summed E-state index contributed by atoms with van der Waals surface area (Å²) < 4.78 is 0. The minimum Gasteiger partial charge on any atom is -0.300 e. The minimum absolute atomic E-state index is 0.00615. The highest BCUT2D eigenvalue weighted by atomic mass is 16.1. The molecule has 0 radical (unpaired) electrons. The zero-order valence-electron chi connectivity index (χ0n) is 9.32. The number of hydrogen-bond donors (Lipinski definition) is 0. The summed E-state index contributed by atoms with van der Waals surface area (Å²) in [6.07, 6.45) is 2.56. The molecule has 0 bridgehead atoms. The number of carbonyl (C=O) groups is 2. The topological polar surface area (TPSA) is 34.1 Å². The summed E-state index contributed by atoms with van der Waals surface area (Å²) in [5.41, 5.74) is 1.67. The third-order valence-corrected chi connectivity index (χ3v) is 4.12. The van der Waals surface area contributed by atoms with E-state index in [-0.39, 0.29) is 22.9 Å². The Balaban J connectivity index is 2.00. The molecule has 2 heteroatoms. The van der Waals surface area contributed by atoms with Gasteiger partial charge in [-0.15, -0.1) is 0 Å². The second-order valence-corrected chi connectivity index (χ2v) is 5.01. The molecule has 1 saturated carbocycles. The number of aryl methyl sites for hydroxylation is 1. The molecule has 0 N–H and O–H groups in total. The molecule has 0 saturated heterocycles. The van der Waals surface area contributed by atoms with Crippen molar-refractivity contribution < 1.29 is 9.59 Å². The maximum atomic E-state index is 12.4. The Labute approximate surface area is 94.7 Å². The van der Waals surface area contributed by atoms with E-state index in [0.29, 0.717) is 0 Å². The molecule has 3 rings (SSSR count). The van der Waals surface area contributed by atoms with Gasteiger partial charge in [-0.2, -0.15) is 0 Å². The second kappa shape index (κ2) is 3.03. The summed E-state index contributed by atoms with van der Waals surface area (Å²) in [5, 5.41) is 0. The molecule has 2 nitrogen and oxygen atoms in total. The van der Waals surface area contributed by atoms with Crippen LogP contribution in [0.15, 0.2) is 24.3 Å². The van der Waals surface area contributed by atoms with Gasteiger partial charge in [0.2, 0.25) is 0 Å². The first-order valence-corrected chi connectivity index (χ1v) is 5.78. The van der Waals surface area contributed by atoms with E-state index < -0.39 is 0 Å². The fourth-order valence-electron chi connectivity index (χ4n) is 3.06. The van der Waals surface area contributed by atoms with E-state index in [1.807, 2.05) is 24.3 Å². The smallest absolute Gasteiger partial charge is 0.170 e. The lowest BCUT2D eigenvalue weighted by Crippen LogP contribution is -2.27. The van der Waals surface area contributed by atoms with Gasteiger partial charge in [-0.05, 0) is 31.7 Å². The van der Waals surface area contributed by atoms with Crippen LogP contribution >= 0.6 is 0 Å². The molecule has 1 fully saturated rings. The van der Waals surface area contributed by atoms with Crippen LogP contribution in [0.4, 0.5) is 0 Å². The monoisotopic (exact) mass is 214 g/mol. The molecule has 1 aromatic rings. The maximum absolute atomic E-state index is 12.4. The zero-order valence-corrected chi connectivity index (χ0v) is 9.32. The van der Waals surface area contributed by atoms with E-state index in [9.17, 15) is 9.59 Å². The highest BCUT2D eigenvalue weighted by molar-refractivity contribution is 6.08. The molecule has 2 atom stereocenters. The molecule has 2 aliphatic carbocycles. The van der Waals surface area contributed by atoms with Gasteiger partial charge in [-0.1, -0.05) is 24.3 Å². The van der Waals surface area contributed by atoms with Gasteiger partial charge < -0.3 is 0 Å². The number of ketones is 2. The quantitative estimate of drug-likeness (QED) is 0.719. The Morgan fingerprint density at radius 1 is 1.38 bits per heavy atom. The van der Waals surface area contributed by atoms with Crippen LogP contribution in [0.2, 0.25) is 0 Å². The van der Waals surface area contributed by atoms with Gasteiger partial charge in [0.25, 0.3) is 0 Å². The maximum Gasteiger partial charge on any atom is 0.170 e. The van der Waals surface area contributed by atoms with Gasteiger partial charge in [-0.25, -0.2) is 0 Å². The number of fused-ring (bicyclic) bond motifs is 1. The number of Topliss-reactive ketones (excluding diaryl/α,β-unsaturated/α-hetero) is 2. The van der Waals surface area contributed by atoms with Gasteiger partial charge in [-0.3, -0.25) is 9.59 Å². The van der Waals surface area contributed by atoms with Crippen molar-refractivity contribution in [3.8, 4) is 0 Å². The predicted octanol–water partition coefficient (Wildman–Crippen LogP) is 2.41. The van der Waals surface area contributed by atoms with Crippen LogP contribution in [0.1, 0.15) is 35.7 Å². The summed E-state index contributed by atoms with van der Waals surface area (Å²) in [5.74, 6) is 0.371. The molecule has 16 heavy (non-hydrogen) atoms. The van der Waals surface area contributed by atoms with E-state index in [4.69, 9.17) is 0 Å². The van der Waals surface area contributed by atoms with Gasteiger partial charge in [0.1, 0.15) is 5.78 Å². The van der Waals surface area contributed by atoms with Crippen molar-refractivity contribution in [3.05, 3.63) is 35.4 Å². The number of carbonyl (C=O) groups excluding carboxylic acids is 2. The lowest BCUT2D eigenvalue weighted by atomic mass is 9.78. The molecular weight excluding hydrogens is 200 g/mol. The van der Waals surface area contributed by atoms with Crippen molar-refractivity contribution in [1.82, 2.24) is 0 Å². The minimum atomic E-state index is -0.319. The van der Waals surface area contributed by atoms with Crippen LogP contribution in [-0.2, 0) is 11.2 Å². The third-order valence-electron chi connectivity index (χ3n) is 4.12. The molecule has 1 aromatic carbocycles. The zero-order chi connectivity index (χ0) is 11.3. The van der Waals surface area contributed by atoms with E-state index in [1.165, 1.54) is 0 Å². The van der Waals surface area contributed by atoms with Gasteiger partial charge in [0.05, 0.1) is 0 Å². The van der Waals surface area contributed by atoms with Crippen LogP contribution in [0.3, 0.4) is 0 Å². The normalized spacial score (nSPS) is 31.3. The molecule has 0 aliphatic heterocycles. The molecule has 0 unspecified atom stereocenters. The SMILES string of the molecule is CC(=O)[C@@H]1C[C@]12CCc1ccccc1C2=O. The van der Waals surface area contributed by atoms with Crippen molar-refractivity contribution in [2.75, 3.05) is 0 Å². The predicted molar refractivity (Wildman–Crippen MR) is 60.3 cm³/mol. The van der Waals surface area contributed by atoms with Gasteiger partial charge >= 0.3 is 0 Å². The first-order valence-electron chi connectivity index (χ1n) is 5.78. The Morgan fingerprint density at radius 2 is 2.12 bits per heavy atom. The molecule has 82 valence electrons. The highest BCUT2D eigenvalue weighted by Gasteiger charge is 2.62. The second-order valence-electron chi connectivity index (χ2n) is 5.01. The molecule has 1 spiro atoms. The van der Waals surface area contributed by atoms with Crippen LogP contribution < -0.4 is 0 Å². The van der Waals surface area contributed by atoms with E-state index in [0.717, 1.165) is 30.4 Å². The Bertz CT molecular complexity index is 489. The standard InChI is InChI=1S/C14H14O2/c1-9(15)12-8-14(12)7-6-10-4-2-3-5-11(10)13(14)16/h2-5,12H,6-8H2,1H3/t12-,14+/m0/s1. The number of hydrogen-bond acceptors (Lipinski definition) is 2. The highest BCUT2D eigenvalue weighted by Crippen LogP contribution is 2.60.